The van der Waals surface area contributed by atoms with Gasteiger partial charge in [0.25, 0.3) is 0 Å². The molecule has 3 rings (SSSR count). The summed E-state index contributed by atoms with van der Waals surface area (Å²) in [5.74, 6) is -0.943. The molecule has 2 aliphatic rings. The summed E-state index contributed by atoms with van der Waals surface area (Å²) in [7, 11) is 0. The van der Waals surface area contributed by atoms with Crippen LogP contribution in [0.3, 0.4) is 0 Å². The van der Waals surface area contributed by atoms with Crippen molar-refractivity contribution >= 4 is 11.6 Å². The number of benzene rings is 1. The van der Waals surface area contributed by atoms with Crippen molar-refractivity contribution in [1.82, 2.24) is 5.32 Å². The molecule has 2 aliphatic heterocycles. The van der Waals surface area contributed by atoms with E-state index in [1.54, 1.807) is 0 Å². The summed E-state index contributed by atoms with van der Waals surface area (Å²) in [6.07, 6.45) is -7.82. The summed E-state index contributed by atoms with van der Waals surface area (Å²) in [6, 6.07) is 2.32. The predicted octanol–water partition coefficient (Wildman–Crippen LogP) is 3.90. The Morgan fingerprint density at radius 1 is 1.10 bits per heavy atom. The molecule has 0 spiro atoms. The molecular weight excluding hydrogens is 314 g/mol. The first kappa shape index (κ1) is 14.7. The van der Waals surface area contributed by atoms with Crippen LogP contribution in [0.2, 0.25) is 5.02 Å². The quantitative estimate of drug-likeness (QED) is 0.794. The summed E-state index contributed by atoms with van der Waals surface area (Å²) < 4.78 is 60.9. The number of halogens is 5. The topological polar surface area (TPSA) is 30.5 Å². The molecule has 0 bridgehead atoms. The van der Waals surface area contributed by atoms with E-state index in [1.165, 1.54) is 6.07 Å². The number of nitrogens with one attached hydrogen (secondary N) is 1. The minimum absolute atomic E-state index is 0.162. The zero-order valence-corrected chi connectivity index (χ0v) is 11.7. The van der Waals surface area contributed by atoms with E-state index in [0.717, 1.165) is 25.5 Å². The lowest BCUT2D eigenvalue weighted by molar-refractivity contribution is -0.391. The molecule has 8 heteroatoms. The fourth-order valence-electron chi connectivity index (χ4n) is 2.64. The van der Waals surface area contributed by atoms with Gasteiger partial charge < -0.3 is 14.8 Å². The van der Waals surface area contributed by atoms with E-state index in [0.29, 0.717) is 5.56 Å². The smallest absolute Gasteiger partial charge is 0.421 e. The molecule has 1 unspecified atom stereocenters. The van der Waals surface area contributed by atoms with E-state index in [9.17, 15) is 17.6 Å². The summed E-state index contributed by atoms with van der Waals surface area (Å²) in [5.41, 5.74) is 0.00935. The lowest BCUT2D eigenvalue weighted by Crippen LogP contribution is -2.52. The van der Waals surface area contributed by atoms with Gasteiger partial charge >= 0.3 is 12.2 Å². The standard InChI is InChI=1S/C13H12ClF4NO2/c1-11(3-2-4-19-11)7-5-9-10(6-8(7)14)21-13(17,18)12(15,16)20-9/h5-6,19H,2-4H2,1H3. The molecule has 0 radical (unpaired) electrons. The van der Waals surface area contributed by atoms with Crippen LogP contribution in [0.25, 0.3) is 0 Å². The molecule has 0 amide bonds. The molecule has 1 atom stereocenters. The van der Waals surface area contributed by atoms with Crippen LogP contribution in [0.4, 0.5) is 17.6 Å². The van der Waals surface area contributed by atoms with Gasteiger partial charge in [0.2, 0.25) is 0 Å². The normalized spacial score (nSPS) is 29.4. The van der Waals surface area contributed by atoms with Crippen LogP contribution in [-0.2, 0) is 5.54 Å². The minimum atomic E-state index is -4.74. The Labute approximate surface area is 123 Å². The number of ether oxygens (including phenoxy) is 2. The Kier molecular flexibility index (Phi) is 3.08. The summed E-state index contributed by atoms with van der Waals surface area (Å²) >= 11 is 6.09. The summed E-state index contributed by atoms with van der Waals surface area (Å²) in [4.78, 5) is 0. The zero-order valence-electron chi connectivity index (χ0n) is 11.0. The number of fused-ring (bicyclic) bond motifs is 1. The fraction of sp³-hybridized carbons (Fsp3) is 0.538. The maximum Gasteiger partial charge on any atom is 0.507 e. The Morgan fingerprint density at radius 3 is 2.19 bits per heavy atom. The monoisotopic (exact) mass is 325 g/mol. The van der Waals surface area contributed by atoms with Gasteiger partial charge in [0.15, 0.2) is 11.5 Å². The number of alkyl halides is 4. The maximum absolute atomic E-state index is 13.2. The van der Waals surface area contributed by atoms with Gasteiger partial charge in [-0.1, -0.05) is 11.6 Å². The van der Waals surface area contributed by atoms with E-state index in [2.05, 4.69) is 14.8 Å². The average Bonchev–Trinajstić information content (AvgIpc) is 2.78. The van der Waals surface area contributed by atoms with Crippen molar-refractivity contribution in [2.24, 2.45) is 0 Å². The first-order valence-corrected chi connectivity index (χ1v) is 6.75. The third-order valence-corrected chi connectivity index (χ3v) is 4.12. The van der Waals surface area contributed by atoms with Crippen LogP contribution in [0, 0.1) is 0 Å². The van der Waals surface area contributed by atoms with Crippen LogP contribution in [0.5, 0.6) is 11.5 Å². The number of hydrogen-bond acceptors (Lipinski definition) is 3. The maximum atomic E-state index is 13.2. The Morgan fingerprint density at radius 2 is 1.67 bits per heavy atom. The van der Waals surface area contributed by atoms with Crippen LogP contribution in [0.1, 0.15) is 25.3 Å². The minimum Gasteiger partial charge on any atom is -0.421 e. The summed E-state index contributed by atoms with van der Waals surface area (Å²) in [6.45, 7) is 2.62. The molecule has 1 aromatic rings. The van der Waals surface area contributed by atoms with Crippen LogP contribution >= 0.6 is 11.6 Å². The van der Waals surface area contributed by atoms with Crippen molar-refractivity contribution in [3.05, 3.63) is 22.7 Å². The van der Waals surface area contributed by atoms with Gasteiger partial charge in [-0.3, -0.25) is 0 Å². The van der Waals surface area contributed by atoms with E-state index in [1.807, 2.05) is 6.92 Å². The second-order valence-electron chi connectivity index (χ2n) is 5.38. The van der Waals surface area contributed by atoms with Crippen molar-refractivity contribution in [2.45, 2.75) is 37.5 Å². The molecule has 2 heterocycles. The molecule has 0 aliphatic carbocycles. The third kappa shape index (κ3) is 2.23. The van der Waals surface area contributed by atoms with Crippen molar-refractivity contribution in [2.75, 3.05) is 6.54 Å². The Bertz CT molecular complexity index is 588. The third-order valence-electron chi connectivity index (χ3n) is 3.81. The zero-order chi connectivity index (χ0) is 15.5. The highest BCUT2D eigenvalue weighted by Gasteiger charge is 2.66. The van der Waals surface area contributed by atoms with Gasteiger partial charge in [-0.25, -0.2) is 0 Å². The van der Waals surface area contributed by atoms with Crippen LogP contribution < -0.4 is 14.8 Å². The van der Waals surface area contributed by atoms with E-state index < -0.39 is 29.3 Å². The lowest BCUT2D eigenvalue weighted by Gasteiger charge is -2.34. The highest BCUT2D eigenvalue weighted by molar-refractivity contribution is 6.31. The van der Waals surface area contributed by atoms with Crippen molar-refractivity contribution in [3.8, 4) is 11.5 Å². The molecule has 1 aromatic carbocycles. The number of hydrogen-bond donors (Lipinski definition) is 1. The predicted molar refractivity (Wildman–Crippen MR) is 67.2 cm³/mol. The fourth-order valence-corrected chi connectivity index (χ4v) is 3.00. The van der Waals surface area contributed by atoms with Crippen molar-refractivity contribution in [1.29, 1.82) is 0 Å². The van der Waals surface area contributed by atoms with Crippen molar-refractivity contribution < 1.29 is 27.0 Å². The highest BCUT2D eigenvalue weighted by Crippen LogP contribution is 2.50. The van der Waals surface area contributed by atoms with E-state index in [4.69, 9.17) is 11.6 Å². The van der Waals surface area contributed by atoms with Gasteiger partial charge in [0, 0.05) is 16.6 Å². The first-order chi connectivity index (χ1) is 9.65. The van der Waals surface area contributed by atoms with Gasteiger partial charge in [-0.2, -0.15) is 17.6 Å². The summed E-state index contributed by atoms with van der Waals surface area (Å²) in [5, 5.41) is 3.38. The van der Waals surface area contributed by atoms with Gasteiger partial charge in [0.05, 0.1) is 0 Å². The van der Waals surface area contributed by atoms with Crippen LogP contribution in [0.15, 0.2) is 12.1 Å². The molecule has 3 nitrogen and oxygen atoms in total. The molecule has 0 saturated carbocycles. The molecule has 1 fully saturated rings. The Balaban J connectivity index is 2.06. The molecular formula is C13H12ClF4NO2. The molecule has 21 heavy (non-hydrogen) atoms. The Hall–Kier alpha value is -1.21. The van der Waals surface area contributed by atoms with Gasteiger partial charge in [0.1, 0.15) is 0 Å². The molecule has 0 aromatic heterocycles. The van der Waals surface area contributed by atoms with Gasteiger partial charge in [-0.15, -0.1) is 0 Å². The molecule has 116 valence electrons. The second-order valence-corrected chi connectivity index (χ2v) is 5.79. The first-order valence-electron chi connectivity index (χ1n) is 6.37. The highest BCUT2D eigenvalue weighted by atomic mass is 35.5. The SMILES string of the molecule is CC1(c2cc3c(cc2Cl)OC(F)(F)C(F)(F)O3)CCCN1. The number of rotatable bonds is 1. The second kappa shape index (κ2) is 4.39. The largest absolute Gasteiger partial charge is 0.507 e. The average molecular weight is 326 g/mol. The van der Waals surface area contributed by atoms with Crippen molar-refractivity contribution in [3.63, 3.8) is 0 Å². The lowest BCUT2D eigenvalue weighted by atomic mass is 9.90. The van der Waals surface area contributed by atoms with Gasteiger partial charge in [-0.05, 0) is 37.9 Å². The van der Waals surface area contributed by atoms with E-state index in [-0.39, 0.29) is 5.02 Å². The molecule has 1 N–H and O–H groups in total. The van der Waals surface area contributed by atoms with Crippen LogP contribution in [-0.4, -0.2) is 18.8 Å². The molecule has 1 saturated heterocycles. The van der Waals surface area contributed by atoms with E-state index >= 15 is 0 Å².